The molecule has 5 heteroatoms. The highest BCUT2D eigenvalue weighted by atomic mass is 16.3. The highest BCUT2D eigenvalue weighted by Crippen LogP contribution is 2.24. The van der Waals surface area contributed by atoms with Crippen molar-refractivity contribution in [1.29, 1.82) is 0 Å². The fourth-order valence-corrected chi connectivity index (χ4v) is 2.88. The summed E-state index contributed by atoms with van der Waals surface area (Å²) < 4.78 is 5.55. The number of nitrogens with zero attached hydrogens (tertiary/aromatic N) is 1. The Bertz CT molecular complexity index is 409. The van der Waals surface area contributed by atoms with Crippen molar-refractivity contribution < 1.29 is 9.21 Å². The first-order valence-corrected chi connectivity index (χ1v) is 7.98. The van der Waals surface area contributed by atoms with Crippen LogP contribution in [0.4, 0.5) is 0 Å². The zero-order chi connectivity index (χ0) is 15.1. The summed E-state index contributed by atoms with van der Waals surface area (Å²) in [5.41, 5.74) is 5.66. The fourth-order valence-electron chi connectivity index (χ4n) is 2.88. The number of furan rings is 1. The van der Waals surface area contributed by atoms with Gasteiger partial charge in [0, 0.05) is 13.0 Å². The lowest BCUT2D eigenvalue weighted by molar-refractivity contribution is -0.122. The van der Waals surface area contributed by atoms with Crippen LogP contribution in [0.1, 0.15) is 44.4 Å². The Morgan fingerprint density at radius 2 is 2.24 bits per heavy atom. The standard InChI is InChI=1S/C16H27N3O2/c1-2-13(11-17)10-16(20)18-12-14(15-6-5-9-21-15)19-7-3-4-8-19/h5-6,9,13-14H,2-4,7-8,10-12,17H2,1H3,(H,18,20). The van der Waals surface area contributed by atoms with Gasteiger partial charge in [-0.15, -0.1) is 0 Å². The summed E-state index contributed by atoms with van der Waals surface area (Å²) in [6.07, 6.45) is 5.59. The SMILES string of the molecule is CCC(CN)CC(=O)NCC(c1ccco1)N1CCCC1. The average molecular weight is 293 g/mol. The number of hydrogen-bond acceptors (Lipinski definition) is 4. The normalized spacial score (nSPS) is 18.6. The monoisotopic (exact) mass is 293 g/mol. The van der Waals surface area contributed by atoms with Crippen molar-refractivity contribution in [3.8, 4) is 0 Å². The summed E-state index contributed by atoms with van der Waals surface area (Å²) >= 11 is 0. The van der Waals surface area contributed by atoms with Crippen molar-refractivity contribution in [2.75, 3.05) is 26.2 Å². The van der Waals surface area contributed by atoms with E-state index in [1.807, 2.05) is 12.1 Å². The minimum absolute atomic E-state index is 0.0862. The molecule has 1 aliphatic heterocycles. The third-order valence-electron chi connectivity index (χ3n) is 4.33. The van der Waals surface area contributed by atoms with Gasteiger partial charge in [-0.05, 0) is 50.5 Å². The molecule has 2 rings (SSSR count). The topological polar surface area (TPSA) is 71.5 Å². The quantitative estimate of drug-likeness (QED) is 0.768. The van der Waals surface area contributed by atoms with E-state index in [9.17, 15) is 4.79 Å². The van der Waals surface area contributed by atoms with E-state index in [4.69, 9.17) is 10.2 Å². The Morgan fingerprint density at radius 3 is 2.81 bits per heavy atom. The van der Waals surface area contributed by atoms with Gasteiger partial charge in [0.05, 0.1) is 12.3 Å². The highest BCUT2D eigenvalue weighted by molar-refractivity contribution is 5.76. The Hall–Kier alpha value is -1.33. The van der Waals surface area contributed by atoms with Crippen LogP contribution in [0.15, 0.2) is 22.8 Å². The van der Waals surface area contributed by atoms with Crippen molar-refractivity contribution >= 4 is 5.91 Å². The molecule has 1 amide bonds. The van der Waals surface area contributed by atoms with E-state index in [-0.39, 0.29) is 17.9 Å². The van der Waals surface area contributed by atoms with Gasteiger partial charge in [-0.25, -0.2) is 0 Å². The van der Waals surface area contributed by atoms with E-state index in [2.05, 4.69) is 17.1 Å². The Balaban J connectivity index is 1.88. The van der Waals surface area contributed by atoms with Crippen molar-refractivity contribution in [3.05, 3.63) is 24.2 Å². The minimum atomic E-state index is 0.0862. The second kappa shape index (κ2) is 8.20. The third-order valence-corrected chi connectivity index (χ3v) is 4.33. The summed E-state index contributed by atoms with van der Waals surface area (Å²) in [5.74, 6) is 1.30. The summed E-state index contributed by atoms with van der Waals surface area (Å²) in [5, 5.41) is 3.05. The second-order valence-corrected chi connectivity index (χ2v) is 5.79. The van der Waals surface area contributed by atoms with Gasteiger partial charge in [0.15, 0.2) is 0 Å². The maximum Gasteiger partial charge on any atom is 0.220 e. The molecule has 1 aromatic rings. The van der Waals surface area contributed by atoms with Gasteiger partial charge in [-0.3, -0.25) is 9.69 Å². The molecule has 0 saturated carbocycles. The van der Waals surface area contributed by atoms with Crippen LogP contribution >= 0.6 is 0 Å². The molecule has 2 atom stereocenters. The number of rotatable bonds is 8. The van der Waals surface area contributed by atoms with Gasteiger partial charge in [0.1, 0.15) is 5.76 Å². The molecule has 1 aliphatic rings. The summed E-state index contributed by atoms with van der Waals surface area (Å²) in [4.78, 5) is 14.4. The van der Waals surface area contributed by atoms with Crippen LogP contribution in [0.25, 0.3) is 0 Å². The van der Waals surface area contributed by atoms with Gasteiger partial charge >= 0.3 is 0 Å². The van der Waals surface area contributed by atoms with Crippen LogP contribution < -0.4 is 11.1 Å². The van der Waals surface area contributed by atoms with Crippen LogP contribution in [0.5, 0.6) is 0 Å². The van der Waals surface area contributed by atoms with Gasteiger partial charge in [-0.2, -0.15) is 0 Å². The number of carbonyl (C=O) groups is 1. The van der Waals surface area contributed by atoms with Crippen LogP contribution in [-0.2, 0) is 4.79 Å². The molecule has 1 fully saturated rings. The zero-order valence-electron chi connectivity index (χ0n) is 12.9. The highest BCUT2D eigenvalue weighted by Gasteiger charge is 2.26. The molecule has 1 saturated heterocycles. The number of amides is 1. The zero-order valence-corrected chi connectivity index (χ0v) is 12.9. The number of nitrogens with two attached hydrogens (primary N) is 1. The number of likely N-dealkylation sites (tertiary alicyclic amines) is 1. The van der Waals surface area contributed by atoms with Gasteiger partial charge in [-0.1, -0.05) is 13.3 Å². The lowest BCUT2D eigenvalue weighted by Gasteiger charge is -2.26. The minimum Gasteiger partial charge on any atom is -0.468 e. The number of hydrogen-bond donors (Lipinski definition) is 2. The van der Waals surface area contributed by atoms with E-state index in [1.165, 1.54) is 12.8 Å². The van der Waals surface area contributed by atoms with E-state index in [0.717, 1.165) is 25.3 Å². The first kappa shape index (κ1) is 16.0. The molecule has 0 aliphatic carbocycles. The molecule has 21 heavy (non-hydrogen) atoms. The van der Waals surface area contributed by atoms with Crippen molar-refractivity contribution in [3.63, 3.8) is 0 Å². The van der Waals surface area contributed by atoms with Crippen LogP contribution in [0.3, 0.4) is 0 Å². The number of carbonyl (C=O) groups excluding carboxylic acids is 1. The maximum absolute atomic E-state index is 12.0. The first-order valence-electron chi connectivity index (χ1n) is 7.98. The van der Waals surface area contributed by atoms with Gasteiger partial charge in [0.25, 0.3) is 0 Å². The van der Waals surface area contributed by atoms with E-state index in [0.29, 0.717) is 19.5 Å². The lowest BCUT2D eigenvalue weighted by Crippen LogP contribution is -2.37. The molecule has 0 bridgehead atoms. The Morgan fingerprint density at radius 1 is 1.48 bits per heavy atom. The number of nitrogens with one attached hydrogen (secondary N) is 1. The average Bonchev–Trinajstić information content (AvgIpc) is 3.18. The molecule has 0 radical (unpaired) electrons. The molecule has 0 aromatic carbocycles. The smallest absolute Gasteiger partial charge is 0.220 e. The summed E-state index contributed by atoms with van der Waals surface area (Å²) in [6, 6.07) is 4.04. The van der Waals surface area contributed by atoms with Gasteiger partial charge < -0.3 is 15.5 Å². The summed E-state index contributed by atoms with van der Waals surface area (Å²) in [6.45, 7) is 5.38. The van der Waals surface area contributed by atoms with Gasteiger partial charge in [0.2, 0.25) is 5.91 Å². The molecule has 3 N–H and O–H groups in total. The molecule has 5 nitrogen and oxygen atoms in total. The predicted molar refractivity (Wildman–Crippen MR) is 82.7 cm³/mol. The van der Waals surface area contributed by atoms with Crippen molar-refractivity contribution in [1.82, 2.24) is 10.2 Å². The Labute approximate surface area is 126 Å². The molecule has 2 heterocycles. The Kier molecular flexibility index (Phi) is 6.26. The maximum atomic E-state index is 12.0. The summed E-state index contributed by atoms with van der Waals surface area (Å²) in [7, 11) is 0. The van der Waals surface area contributed by atoms with E-state index in [1.54, 1.807) is 6.26 Å². The molecular formula is C16H27N3O2. The largest absolute Gasteiger partial charge is 0.468 e. The first-order chi connectivity index (χ1) is 10.2. The van der Waals surface area contributed by atoms with E-state index < -0.39 is 0 Å². The van der Waals surface area contributed by atoms with Crippen molar-refractivity contribution in [2.45, 2.75) is 38.6 Å². The van der Waals surface area contributed by atoms with Crippen LogP contribution in [-0.4, -0.2) is 37.0 Å². The molecule has 0 spiro atoms. The van der Waals surface area contributed by atoms with Crippen LogP contribution in [0, 0.1) is 5.92 Å². The third kappa shape index (κ3) is 4.58. The second-order valence-electron chi connectivity index (χ2n) is 5.79. The van der Waals surface area contributed by atoms with Crippen molar-refractivity contribution in [2.24, 2.45) is 11.7 Å². The molecule has 1 aromatic heterocycles. The van der Waals surface area contributed by atoms with Crippen LogP contribution in [0.2, 0.25) is 0 Å². The fraction of sp³-hybridized carbons (Fsp3) is 0.688. The van der Waals surface area contributed by atoms with E-state index >= 15 is 0 Å². The predicted octanol–water partition coefficient (Wildman–Crippen LogP) is 1.91. The molecule has 118 valence electrons. The lowest BCUT2D eigenvalue weighted by atomic mass is 10.0. The molecular weight excluding hydrogens is 266 g/mol. The molecule has 2 unspecified atom stereocenters.